The molecule has 0 aliphatic carbocycles. The number of nitrogens with two attached hydrogens (primary N) is 1. The van der Waals surface area contributed by atoms with E-state index in [1.54, 1.807) is 10.6 Å². The number of rotatable bonds is 2. The van der Waals surface area contributed by atoms with Gasteiger partial charge in [0, 0.05) is 17.7 Å². The van der Waals surface area contributed by atoms with Crippen LogP contribution in [0.4, 0.5) is 5.82 Å². The van der Waals surface area contributed by atoms with Gasteiger partial charge >= 0.3 is 5.69 Å². The Balaban J connectivity index is 2.20. The first-order valence-electron chi connectivity index (χ1n) is 6.12. The van der Waals surface area contributed by atoms with Crippen LogP contribution in [0, 0.1) is 0 Å². The molecule has 1 aromatic carbocycles. The van der Waals surface area contributed by atoms with E-state index in [1.807, 2.05) is 32.0 Å². The van der Waals surface area contributed by atoms with E-state index >= 15 is 0 Å². The second-order valence-corrected chi connectivity index (χ2v) is 4.83. The number of fused-ring (bicyclic) bond motifs is 1. The van der Waals surface area contributed by atoms with E-state index in [0.29, 0.717) is 5.82 Å². The molecule has 3 aromatic rings. The Morgan fingerprint density at radius 1 is 1.32 bits per heavy atom. The minimum Gasteiger partial charge on any atom is -0.382 e. The van der Waals surface area contributed by atoms with Crippen LogP contribution in [0.15, 0.2) is 29.1 Å². The van der Waals surface area contributed by atoms with E-state index in [9.17, 15) is 4.79 Å². The molecular weight excluding hydrogens is 242 g/mol. The lowest BCUT2D eigenvalue weighted by atomic mass is 10.1. The molecule has 19 heavy (non-hydrogen) atoms. The van der Waals surface area contributed by atoms with Crippen LogP contribution in [0.5, 0.6) is 0 Å². The minimum absolute atomic E-state index is 0.0914. The van der Waals surface area contributed by atoms with Gasteiger partial charge in [-0.2, -0.15) is 5.10 Å². The molecule has 0 radical (unpaired) electrons. The van der Waals surface area contributed by atoms with Crippen molar-refractivity contribution in [2.45, 2.75) is 19.9 Å². The van der Waals surface area contributed by atoms with Crippen molar-refractivity contribution in [3.8, 4) is 11.3 Å². The quantitative estimate of drug-likeness (QED) is 0.654. The molecular formula is C13H15N5O. The van der Waals surface area contributed by atoms with Crippen LogP contribution in [-0.4, -0.2) is 19.7 Å². The molecule has 98 valence electrons. The van der Waals surface area contributed by atoms with Gasteiger partial charge in [-0.25, -0.2) is 4.79 Å². The Morgan fingerprint density at radius 2 is 2.11 bits per heavy atom. The van der Waals surface area contributed by atoms with E-state index in [2.05, 4.69) is 15.2 Å². The van der Waals surface area contributed by atoms with Gasteiger partial charge in [-0.3, -0.25) is 9.67 Å². The zero-order chi connectivity index (χ0) is 13.6. The molecule has 6 heteroatoms. The Hall–Kier alpha value is -2.50. The summed E-state index contributed by atoms with van der Waals surface area (Å²) in [6.45, 7) is 3.97. The average Bonchev–Trinajstić information content (AvgIpc) is 2.90. The van der Waals surface area contributed by atoms with Gasteiger partial charge in [0.25, 0.3) is 0 Å². The predicted molar refractivity (Wildman–Crippen MR) is 74.9 cm³/mol. The number of nitrogens with zero attached hydrogens (tertiary/aromatic N) is 2. The molecule has 0 spiro atoms. The molecule has 2 aromatic heterocycles. The van der Waals surface area contributed by atoms with Crippen LogP contribution in [0.25, 0.3) is 22.3 Å². The van der Waals surface area contributed by atoms with Crippen molar-refractivity contribution in [2.24, 2.45) is 0 Å². The number of benzene rings is 1. The number of nitrogen functional groups attached to an aromatic ring is 1. The van der Waals surface area contributed by atoms with Gasteiger partial charge < -0.3 is 10.7 Å². The van der Waals surface area contributed by atoms with E-state index < -0.39 is 0 Å². The first-order chi connectivity index (χ1) is 9.06. The third-order valence-electron chi connectivity index (χ3n) is 3.14. The largest absolute Gasteiger partial charge is 0.382 e. The molecule has 0 amide bonds. The van der Waals surface area contributed by atoms with Crippen LogP contribution < -0.4 is 11.4 Å². The van der Waals surface area contributed by atoms with Gasteiger partial charge in [-0.15, -0.1) is 0 Å². The third kappa shape index (κ3) is 1.81. The smallest absolute Gasteiger partial charge is 0.326 e. The molecule has 0 aliphatic rings. The summed E-state index contributed by atoms with van der Waals surface area (Å²) in [5.74, 6) is 0.448. The maximum absolute atomic E-state index is 11.9. The zero-order valence-electron chi connectivity index (χ0n) is 10.8. The topological polar surface area (TPSA) is 92.5 Å². The van der Waals surface area contributed by atoms with Gasteiger partial charge in [0.1, 0.15) is 5.82 Å². The lowest BCUT2D eigenvalue weighted by molar-refractivity contribution is 0.598. The number of nitrogens with one attached hydrogen (secondary N) is 2. The minimum atomic E-state index is -0.0914. The van der Waals surface area contributed by atoms with Gasteiger partial charge in [0.05, 0.1) is 16.7 Å². The lowest BCUT2D eigenvalue weighted by Crippen LogP contribution is -2.18. The summed E-state index contributed by atoms with van der Waals surface area (Å²) >= 11 is 0. The highest BCUT2D eigenvalue weighted by molar-refractivity contribution is 5.81. The van der Waals surface area contributed by atoms with Crippen molar-refractivity contribution in [3.63, 3.8) is 0 Å². The highest BCUT2D eigenvalue weighted by Crippen LogP contribution is 2.23. The molecule has 0 unspecified atom stereocenters. The number of aromatic nitrogens is 4. The number of hydrogen-bond acceptors (Lipinski definition) is 3. The Bertz CT molecular complexity index is 793. The van der Waals surface area contributed by atoms with Crippen molar-refractivity contribution >= 4 is 16.9 Å². The fourth-order valence-electron chi connectivity index (χ4n) is 2.30. The second kappa shape index (κ2) is 4.01. The second-order valence-electron chi connectivity index (χ2n) is 4.83. The molecule has 0 saturated carbocycles. The van der Waals surface area contributed by atoms with Crippen molar-refractivity contribution < 1.29 is 0 Å². The highest BCUT2D eigenvalue weighted by atomic mass is 16.1. The monoisotopic (exact) mass is 257 g/mol. The van der Waals surface area contributed by atoms with Crippen molar-refractivity contribution in [1.29, 1.82) is 0 Å². The van der Waals surface area contributed by atoms with Crippen LogP contribution >= 0.6 is 0 Å². The van der Waals surface area contributed by atoms with Crippen LogP contribution in [0.1, 0.15) is 19.9 Å². The molecule has 0 bridgehead atoms. The molecule has 0 saturated heterocycles. The molecule has 0 atom stereocenters. The van der Waals surface area contributed by atoms with Crippen LogP contribution in [0.3, 0.4) is 0 Å². The van der Waals surface area contributed by atoms with Gasteiger partial charge in [0.2, 0.25) is 0 Å². The fraction of sp³-hybridized carbons (Fsp3) is 0.231. The van der Waals surface area contributed by atoms with Gasteiger partial charge in [-0.05, 0) is 26.0 Å². The van der Waals surface area contributed by atoms with Crippen molar-refractivity contribution in [2.75, 3.05) is 5.73 Å². The molecule has 6 nitrogen and oxygen atoms in total. The first kappa shape index (κ1) is 11.6. The number of imidazole rings is 1. The predicted octanol–water partition coefficient (Wildman–Crippen LogP) is 1.88. The average molecular weight is 257 g/mol. The molecule has 0 fully saturated rings. The number of anilines is 1. The maximum atomic E-state index is 11.9. The van der Waals surface area contributed by atoms with Crippen LogP contribution in [0.2, 0.25) is 0 Å². The summed E-state index contributed by atoms with van der Waals surface area (Å²) in [5, 5.41) is 6.76. The normalized spacial score (nSPS) is 11.5. The van der Waals surface area contributed by atoms with E-state index in [1.165, 1.54) is 0 Å². The third-order valence-corrected chi connectivity index (χ3v) is 3.14. The lowest BCUT2D eigenvalue weighted by Gasteiger charge is -2.06. The van der Waals surface area contributed by atoms with Crippen molar-refractivity contribution in [1.82, 2.24) is 19.7 Å². The number of aromatic amines is 2. The molecule has 2 heterocycles. The summed E-state index contributed by atoms with van der Waals surface area (Å²) in [4.78, 5) is 14.8. The zero-order valence-corrected chi connectivity index (χ0v) is 10.8. The summed E-state index contributed by atoms with van der Waals surface area (Å²) in [7, 11) is 0. The van der Waals surface area contributed by atoms with E-state index in [-0.39, 0.29) is 11.7 Å². The maximum Gasteiger partial charge on any atom is 0.326 e. The summed E-state index contributed by atoms with van der Waals surface area (Å²) in [6, 6.07) is 7.68. The molecule has 0 aliphatic heterocycles. The van der Waals surface area contributed by atoms with Crippen LogP contribution in [-0.2, 0) is 0 Å². The van der Waals surface area contributed by atoms with Gasteiger partial charge in [-0.1, -0.05) is 6.07 Å². The number of H-pyrrole nitrogens is 2. The highest BCUT2D eigenvalue weighted by Gasteiger charge is 2.11. The van der Waals surface area contributed by atoms with E-state index in [0.717, 1.165) is 22.3 Å². The Labute approximate surface area is 109 Å². The Kier molecular flexibility index (Phi) is 2.45. The molecule has 3 rings (SSSR count). The summed E-state index contributed by atoms with van der Waals surface area (Å²) in [6.07, 6.45) is 0. The Morgan fingerprint density at radius 3 is 2.74 bits per heavy atom. The summed E-state index contributed by atoms with van der Waals surface area (Å²) < 4.78 is 1.74. The van der Waals surface area contributed by atoms with Gasteiger partial charge in [0.15, 0.2) is 0 Å². The SMILES string of the molecule is CC(C)n1c(=O)[nH]c2cc(-c3cc(N)n[nH]3)ccc21. The first-order valence-corrected chi connectivity index (χ1v) is 6.12. The molecule has 4 N–H and O–H groups in total. The summed E-state index contributed by atoms with van der Waals surface area (Å²) in [5.41, 5.74) is 8.98. The van der Waals surface area contributed by atoms with Crippen molar-refractivity contribution in [3.05, 3.63) is 34.7 Å². The number of hydrogen-bond donors (Lipinski definition) is 3. The van der Waals surface area contributed by atoms with E-state index in [4.69, 9.17) is 5.73 Å². The standard InChI is InChI=1S/C13H15N5O/c1-7(2)18-11-4-3-8(5-10(11)15-13(18)19)9-6-12(14)17-16-9/h3-7H,1-2H3,(H,15,19)(H3,14,16,17). The fourth-order valence-corrected chi connectivity index (χ4v) is 2.30.